The Labute approximate surface area is 133 Å². The first-order valence-electron chi connectivity index (χ1n) is 8.68. The molecule has 2 saturated carbocycles. The monoisotopic (exact) mass is 304 g/mol. The summed E-state index contributed by atoms with van der Waals surface area (Å²) in [4.78, 5) is 29.4. The van der Waals surface area contributed by atoms with Gasteiger partial charge in [-0.25, -0.2) is 19.6 Å². The van der Waals surface area contributed by atoms with E-state index in [-0.39, 0.29) is 10.8 Å². The van der Waals surface area contributed by atoms with Gasteiger partial charge < -0.3 is 0 Å². The van der Waals surface area contributed by atoms with Crippen molar-refractivity contribution in [1.82, 2.24) is 0 Å². The summed E-state index contributed by atoms with van der Waals surface area (Å²) in [6.45, 7) is 5.80. The molecule has 0 bridgehead atoms. The zero-order valence-electron chi connectivity index (χ0n) is 13.9. The largest absolute Gasteiger partial charge is 0.234 e. The first-order valence-corrected chi connectivity index (χ1v) is 8.68. The molecule has 0 aromatic carbocycles. The fraction of sp³-hybridized carbons (Fsp3) is 0.889. The van der Waals surface area contributed by atoms with Crippen LogP contribution in [0, 0.1) is 22.7 Å². The van der Waals surface area contributed by atoms with Crippen molar-refractivity contribution in [1.29, 1.82) is 0 Å². The molecule has 0 spiro atoms. The number of carbonyl (C=O) groups excluding carboxylic acids is 2. The van der Waals surface area contributed by atoms with Crippen molar-refractivity contribution in [2.45, 2.75) is 65.2 Å². The summed E-state index contributed by atoms with van der Waals surface area (Å²) in [5.41, 5.74) is 0.137. The van der Waals surface area contributed by atoms with Crippen LogP contribution in [0.1, 0.15) is 65.2 Å². The molecular weight excluding hydrogens is 276 g/mol. The molecular formula is C18H28N2O2. The Morgan fingerprint density at radius 3 is 2.36 bits per heavy atom. The third-order valence-corrected chi connectivity index (χ3v) is 6.82. The fourth-order valence-electron chi connectivity index (χ4n) is 5.29. The Balaban J connectivity index is 2.43. The average Bonchev–Trinajstić information content (AvgIpc) is 2.54. The molecule has 2 aliphatic carbocycles. The normalized spacial score (nSPS) is 38.6. The van der Waals surface area contributed by atoms with Crippen LogP contribution >= 0.6 is 0 Å². The van der Waals surface area contributed by atoms with Crippen LogP contribution in [-0.2, 0) is 9.59 Å². The molecule has 4 atom stereocenters. The molecule has 22 heavy (non-hydrogen) atoms. The number of hydrogen-bond donors (Lipinski definition) is 0. The molecule has 0 aliphatic heterocycles. The summed E-state index contributed by atoms with van der Waals surface area (Å²) in [6.07, 6.45) is 12.9. The van der Waals surface area contributed by atoms with Gasteiger partial charge in [0.2, 0.25) is 12.2 Å². The van der Waals surface area contributed by atoms with Crippen molar-refractivity contribution < 1.29 is 9.59 Å². The highest BCUT2D eigenvalue weighted by molar-refractivity contribution is 5.34. The Hall–Kier alpha value is -1.24. The standard InChI is InChI=1S/C18H28N2O2/c1-15-7-3-5-9-17(15,2)18(12-20-14-22)10-6-4-8-16(18)11-19-13-21/h15-16H,3-12H2,1-2H3. The number of rotatable bonds is 5. The second-order valence-corrected chi connectivity index (χ2v) is 7.50. The van der Waals surface area contributed by atoms with Crippen LogP contribution < -0.4 is 0 Å². The van der Waals surface area contributed by atoms with Gasteiger partial charge in [-0.1, -0.05) is 46.0 Å². The quantitative estimate of drug-likeness (QED) is 0.568. The zero-order valence-corrected chi connectivity index (χ0v) is 13.9. The van der Waals surface area contributed by atoms with Gasteiger partial charge in [-0.15, -0.1) is 0 Å². The van der Waals surface area contributed by atoms with E-state index in [1.165, 1.54) is 38.5 Å². The van der Waals surface area contributed by atoms with Crippen LogP contribution in [0.4, 0.5) is 0 Å². The molecule has 0 N–H and O–H groups in total. The van der Waals surface area contributed by atoms with E-state index < -0.39 is 0 Å². The molecule has 0 radical (unpaired) electrons. The Morgan fingerprint density at radius 1 is 1.00 bits per heavy atom. The molecule has 4 unspecified atom stereocenters. The van der Waals surface area contributed by atoms with Gasteiger partial charge in [0.25, 0.3) is 0 Å². The van der Waals surface area contributed by atoms with Gasteiger partial charge in [-0.05, 0) is 36.5 Å². The molecule has 4 heteroatoms. The maximum absolute atomic E-state index is 10.8. The smallest absolute Gasteiger partial charge is 0.211 e. The lowest BCUT2D eigenvalue weighted by atomic mass is 9.46. The van der Waals surface area contributed by atoms with Crippen molar-refractivity contribution in [2.24, 2.45) is 32.7 Å². The third-order valence-electron chi connectivity index (χ3n) is 6.82. The summed E-state index contributed by atoms with van der Waals surface area (Å²) in [5, 5.41) is 0. The second kappa shape index (κ2) is 7.35. The third kappa shape index (κ3) is 2.95. The summed E-state index contributed by atoms with van der Waals surface area (Å²) in [7, 11) is 0. The molecule has 2 aliphatic rings. The minimum Gasteiger partial charge on any atom is -0.211 e. The summed E-state index contributed by atoms with van der Waals surface area (Å²) < 4.78 is 0. The van der Waals surface area contributed by atoms with E-state index in [1.807, 2.05) is 0 Å². The van der Waals surface area contributed by atoms with E-state index in [0.717, 1.165) is 12.8 Å². The molecule has 0 saturated heterocycles. The van der Waals surface area contributed by atoms with Crippen molar-refractivity contribution in [3.05, 3.63) is 0 Å². The highest BCUT2D eigenvalue weighted by Crippen LogP contribution is 2.61. The predicted molar refractivity (Wildman–Crippen MR) is 86.1 cm³/mol. The van der Waals surface area contributed by atoms with E-state index in [9.17, 15) is 9.59 Å². The molecule has 4 nitrogen and oxygen atoms in total. The fourth-order valence-corrected chi connectivity index (χ4v) is 5.29. The highest BCUT2D eigenvalue weighted by atomic mass is 16.1. The lowest BCUT2D eigenvalue weighted by Gasteiger charge is -2.58. The van der Waals surface area contributed by atoms with Crippen LogP contribution in [0.25, 0.3) is 0 Å². The highest BCUT2D eigenvalue weighted by Gasteiger charge is 2.55. The Morgan fingerprint density at radius 2 is 1.68 bits per heavy atom. The molecule has 0 heterocycles. The Bertz CT molecular complexity index is 479. The van der Waals surface area contributed by atoms with Crippen molar-refractivity contribution in [2.75, 3.05) is 13.1 Å². The second-order valence-electron chi connectivity index (χ2n) is 7.50. The van der Waals surface area contributed by atoms with Gasteiger partial charge in [-0.2, -0.15) is 0 Å². The Kier molecular flexibility index (Phi) is 5.72. The van der Waals surface area contributed by atoms with Gasteiger partial charge >= 0.3 is 0 Å². The van der Waals surface area contributed by atoms with E-state index in [1.54, 1.807) is 12.2 Å². The van der Waals surface area contributed by atoms with Gasteiger partial charge in [0.05, 0.1) is 13.1 Å². The van der Waals surface area contributed by atoms with Crippen LogP contribution in [-0.4, -0.2) is 25.2 Å². The summed E-state index contributed by atoms with van der Waals surface area (Å²) in [5.74, 6) is 0.939. The number of hydrogen-bond acceptors (Lipinski definition) is 4. The van der Waals surface area contributed by atoms with E-state index >= 15 is 0 Å². The molecule has 0 aromatic heterocycles. The van der Waals surface area contributed by atoms with E-state index in [0.29, 0.717) is 24.9 Å². The first-order chi connectivity index (χ1) is 10.6. The van der Waals surface area contributed by atoms with E-state index in [2.05, 4.69) is 23.8 Å². The van der Waals surface area contributed by atoms with E-state index in [4.69, 9.17) is 0 Å². The van der Waals surface area contributed by atoms with Gasteiger partial charge in [-0.3, -0.25) is 0 Å². The molecule has 2 rings (SSSR count). The van der Waals surface area contributed by atoms with Crippen molar-refractivity contribution >= 4 is 12.2 Å². The average molecular weight is 304 g/mol. The van der Waals surface area contributed by atoms with Gasteiger partial charge in [0.15, 0.2) is 0 Å². The van der Waals surface area contributed by atoms with Crippen molar-refractivity contribution in [3.63, 3.8) is 0 Å². The minimum atomic E-state index is -0.0250. The molecule has 0 amide bonds. The van der Waals surface area contributed by atoms with Crippen molar-refractivity contribution in [3.8, 4) is 0 Å². The minimum absolute atomic E-state index is 0.0250. The maximum Gasteiger partial charge on any atom is 0.234 e. The van der Waals surface area contributed by atoms with Crippen LogP contribution in [0.2, 0.25) is 0 Å². The van der Waals surface area contributed by atoms with Gasteiger partial charge in [0.1, 0.15) is 0 Å². The maximum atomic E-state index is 10.8. The summed E-state index contributed by atoms with van der Waals surface area (Å²) >= 11 is 0. The topological polar surface area (TPSA) is 58.9 Å². The van der Waals surface area contributed by atoms with Crippen LogP contribution in [0.5, 0.6) is 0 Å². The summed E-state index contributed by atoms with van der Waals surface area (Å²) in [6, 6.07) is 0. The SMILES string of the molecule is CC1CCCCC1(C)C1(CN=C=O)CCCCC1CN=C=O. The zero-order chi connectivity index (χ0) is 16.1. The lowest BCUT2D eigenvalue weighted by molar-refractivity contribution is -0.0877. The first kappa shape index (κ1) is 17.1. The number of isocyanates is 2. The van der Waals surface area contributed by atoms with Crippen LogP contribution in [0.15, 0.2) is 9.98 Å². The molecule has 0 aromatic rings. The molecule has 122 valence electrons. The predicted octanol–water partition coefficient (Wildman–Crippen LogP) is 4.05. The molecule has 2 fully saturated rings. The number of aliphatic imine (C=N–C) groups is 2. The lowest BCUT2D eigenvalue weighted by Crippen LogP contribution is -2.54. The number of nitrogens with zero attached hydrogens (tertiary/aromatic N) is 2. The van der Waals surface area contributed by atoms with Crippen LogP contribution in [0.3, 0.4) is 0 Å². The van der Waals surface area contributed by atoms with Gasteiger partial charge in [0, 0.05) is 5.41 Å².